The molecule has 2 amide bonds. The lowest BCUT2D eigenvalue weighted by Crippen LogP contribution is -2.32. The number of aromatic nitrogens is 1. The van der Waals surface area contributed by atoms with Crippen LogP contribution in [0, 0.1) is 0 Å². The highest BCUT2D eigenvalue weighted by Crippen LogP contribution is 2.35. The Kier molecular flexibility index (Phi) is 11.3. The normalized spacial score (nSPS) is 14.5. The van der Waals surface area contributed by atoms with Crippen LogP contribution in [-0.4, -0.2) is 73.3 Å². The van der Waals surface area contributed by atoms with E-state index in [1.165, 1.54) is 0 Å². The lowest BCUT2D eigenvalue weighted by Gasteiger charge is -2.23. The fourth-order valence-corrected chi connectivity index (χ4v) is 4.42. The van der Waals surface area contributed by atoms with Gasteiger partial charge >= 0.3 is 13.6 Å². The first-order valence-electron chi connectivity index (χ1n) is 11.6. The highest BCUT2D eigenvalue weighted by Gasteiger charge is 2.32. The Morgan fingerprint density at radius 3 is 2.18 bits per heavy atom. The molecular formula is C22H35N4O7P. The second-order valence-electron chi connectivity index (χ2n) is 8.30. The van der Waals surface area contributed by atoms with E-state index in [-0.39, 0.29) is 25.5 Å². The van der Waals surface area contributed by atoms with E-state index in [4.69, 9.17) is 4.84 Å². The van der Waals surface area contributed by atoms with Crippen molar-refractivity contribution in [3.8, 4) is 0 Å². The van der Waals surface area contributed by atoms with Crippen molar-refractivity contribution in [2.24, 2.45) is 0 Å². The first-order chi connectivity index (χ1) is 16.1. The number of hydrogen-bond donors (Lipinski definition) is 2. The van der Waals surface area contributed by atoms with Gasteiger partial charge in [0.15, 0.2) is 0 Å². The summed E-state index contributed by atoms with van der Waals surface area (Å²) in [6, 6.07) is 5.69. The Morgan fingerprint density at radius 2 is 1.62 bits per heavy atom. The van der Waals surface area contributed by atoms with Crippen LogP contribution < -0.4 is 0 Å². The summed E-state index contributed by atoms with van der Waals surface area (Å²) in [7, 11) is -4.26. The molecule has 0 bridgehead atoms. The molecule has 0 aliphatic carbocycles. The molecule has 2 rings (SSSR count). The number of pyridine rings is 1. The SMILES string of the molecule is CCN(CC)Cc1cccc(CN(CCCCCC(=O)ON2C(=O)CCC2=O)CP(=O)(O)O)n1. The highest BCUT2D eigenvalue weighted by atomic mass is 31.2. The molecule has 12 heteroatoms. The summed E-state index contributed by atoms with van der Waals surface area (Å²) in [5.41, 5.74) is 1.65. The predicted octanol–water partition coefficient (Wildman–Crippen LogP) is 2.03. The van der Waals surface area contributed by atoms with Crippen LogP contribution in [0.4, 0.5) is 0 Å². The van der Waals surface area contributed by atoms with Gasteiger partial charge in [-0.2, -0.15) is 0 Å². The fourth-order valence-electron chi connectivity index (χ4n) is 3.66. The summed E-state index contributed by atoms with van der Waals surface area (Å²) in [6.45, 7) is 7.42. The Balaban J connectivity index is 1.82. The summed E-state index contributed by atoms with van der Waals surface area (Å²) >= 11 is 0. The molecule has 11 nitrogen and oxygen atoms in total. The van der Waals surface area contributed by atoms with E-state index >= 15 is 0 Å². The van der Waals surface area contributed by atoms with Crippen LogP contribution >= 0.6 is 7.60 Å². The molecule has 1 aromatic rings. The summed E-state index contributed by atoms with van der Waals surface area (Å²) in [4.78, 5) is 67.2. The van der Waals surface area contributed by atoms with Crippen molar-refractivity contribution in [1.29, 1.82) is 0 Å². The molecule has 34 heavy (non-hydrogen) atoms. The van der Waals surface area contributed by atoms with Crippen LogP contribution in [0.3, 0.4) is 0 Å². The molecule has 190 valence electrons. The van der Waals surface area contributed by atoms with Gasteiger partial charge in [-0.1, -0.05) is 26.3 Å². The topological polar surface area (TPSA) is 141 Å². The molecule has 0 atom stereocenters. The number of amides is 2. The van der Waals surface area contributed by atoms with Crippen molar-refractivity contribution in [2.45, 2.75) is 65.5 Å². The van der Waals surface area contributed by atoms with Gasteiger partial charge in [0.05, 0.1) is 11.4 Å². The third-order valence-electron chi connectivity index (χ3n) is 5.47. The smallest absolute Gasteiger partial charge is 0.330 e. The maximum atomic E-state index is 11.9. The van der Waals surface area contributed by atoms with Crippen molar-refractivity contribution in [1.82, 2.24) is 19.8 Å². The largest absolute Gasteiger partial charge is 0.339 e. The van der Waals surface area contributed by atoms with Crippen molar-refractivity contribution in [3.63, 3.8) is 0 Å². The number of rotatable bonds is 15. The van der Waals surface area contributed by atoms with Crippen molar-refractivity contribution >= 4 is 25.4 Å². The minimum Gasteiger partial charge on any atom is -0.330 e. The molecule has 0 radical (unpaired) electrons. The molecule has 1 aliphatic rings. The van der Waals surface area contributed by atoms with E-state index in [1.807, 2.05) is 18.2 Å². The zero-order valence-electron chi connectivity index (χ0n) is 19.9. The average molecular weight is 499 g/mol. The average Bonchev–Trinajstić information content (AvgIpc) is 3.08. The molecule has 0 unspecified atom stereocenters. The number of hydroxylamine groups is 2. The summed E-state index contributed by atoms with van der Waals surface area (Å²) in [5, 5.41) is 0.533. The van der Waals surface area contributed by atoms with Crippen molar-refractivity contribution in [2.75, 3.05) is 25.9 Å². The van der Waals surface area contributed by atoms with E-state index in [1.54, 1.807) is 4.90 Å². The predicted molar refractivity (Wildman–Crippen MR) is 124 cm³/mol. The number of hydrogen-bond acceptors (Lipinski definition) is 8. The van der Waals surface area contributed by atoms with E-state index in [2.05, 4.69) is 23.7 Å². The van der Waals surface area contributed by atoms with Crippen LogP contribution in [0.5, 0.6) is 0 Å². The van der Waals surface area contributed by atoms with Crippen LogP contribution in [0.2, 0.25) is 0 Å². The highest BCUT2D eigenvalue weighted by molar-refractivity contribution is 7.51. The molecule has 1 fully saturated rings. The van der Waals surface area contributed by atoms with E-state index in [0.717, 1.165) is 24.5 Å². The Hall–Kier alpha value is -2.17. The molecule has 2 heterocycles. The van der Waals surface area contributed by atoms with E-state index in [0.29, 0.717) is 44.0 Å². The number of unbranched alkanes of at least 4 members (excludes halogenated alkanes) is 2. The second kappa shape index (κ2) is 13.7. The standard InChI is InChI=1S/C22H35N4O7P/c1-3-24(4-2)15-18-9-8-10-19(23-18)16-25(17-34(30,31)32)14-7-5-6-11-22(29)33-26-20(27)12-13-21(26)28/h8-10H,3-7,11-17H2,1-2H3,(H2,30,31,32). The molecule has 1 aliphatic heterocycles. The van der Waals surface area contributed by atoms with Crippen molar-refractivity contribution < 1.29 is 33.6 Å². The minimum atomic E-state index is -4.26. The Labute approximate surface area is 200 Å². The quantitative estimate of drug-likeness (QED) is 0.210. The molecule has 2 N–H and O–H groups in total. The van der Waals surface area contributed by atoms with Crippen LogP contribution in [0.25, 0.3) is 0 Å². The summed E-state index contributed by atoms with van der Waals surface area (Å²) in [5.74, 6) is -1.67. The van der Waals surface area contributed by atoms with E-state index in [9.17, 15) is 28.7 Å². The second-order valence-corrected chi connectivity index (χ2v) is 9.91. The number of carbonyl (C=O) groups is 3. The van der Waals surface area contributed by atoms with Gasteiger partial charge in [-0.05, 0) is 44.6 Å². The fraction of sp³-hybridized carbons (Fsp3) is 0.636. The van der Waals surface area contributed by atoms with Gasteiger partial charge in [-0.15, -0.1) is 5.06 Å². The summed E-state index contributed by atoms with van der Waals surface area (Å²) in [6.07, 6.45) is 1.46. The monoisotopic (exact) mass is 498 g/mol. The van der Waals surface area contributed by atoms with Crippen LogP contribution in [0.15, 0.2) is 18.2 Å². The van der Waals surface area contributed by atoms with Gasteiger partial charge in [0.2, 0.25) is 0 Å². The lowest BCUT2D eigenvalue weighted by molar-refractivity contribution is -0.197. The van der Waals surface area contributed by atoms with Gasteiger partial charge in [0, 0.05) is 32.4 Å². The summed E-state index contributed by atoms with van der Waals surface area (Å²) < 4.78 is 11.6. The number of imide groups is 1. The lowest BCUT2D eigenvalue weighted by atomic mass is 10.2. The maximum absolute atomic E-state index is 11.9. The molecule has 0 saturated carbocycles. The number of nitrogens with zero attached hydrogens (tertiary/aromatic N) is 4. The Bertz CT molecular complexity index is 872. The minimum absolute atomic E-state index is 0.0461. The number of carbonyl (C=O) groups excluding carboxylic acids is 3. The van der Waals surface area contributed by atoms with Gasteiger partial charge in [0.25, 0.3) is 11.8 Å². The van der Waals surface area contributed by atoms with Gasteiger partial charge < -0.3 is 14.6 Å². The molecular weight excluding hydrogens is 463 g/mol. The molecule has 1 aromatic heterocycles. The zero-order chi connectivity index (χ0) is 25.1. The van der Waals surface area contributed by atoms with Gasteiger partial charge in [-0.25, -0.2) is 4.79 Å². The third-order valence-corrected chi connectivity index (χ3v) is 6.24. The maximum Gasteiger partial charge on any atom is 0.339 e. The van der Waals surface area contributed by atoms with Crippen LogP contribution in [-0.2, 0) is 36.9 Å². The molecule has 0 spiro atoms. The molecule has 0 aromatic carbocycles. The van der Waals surface area contributed by atoms with Gasteiger partial charge in [-0.3, -0.25) is 28.9 Å². The van der Waals surface area contributed by atoms with Crippen molar-refractivity contribution in [3.05, 3.63) is 29.6 Å². The third kappa shape index (κ3) is 9.99. The van der Waals surface area contributed by atoms with Gasteiger partial charge in [0.1, 0.15) is 6.29 Å². The zero-order valence-corrected chi connectivity index (χ0v) is 20.8. The molecule has 1 saturated heterocycles. The van der Waals surface area contributed by atoms with E-state index < -0.39 is 25.4 Å². The Morgan fingerprint density at radius 1 is 1.03 bits per heavy atom. The first-order valence-corrected chi connectivity index (χ1v) is 13.4. The van der Waals surface area contributed by atoms with Crippen LogP contribution in [0.1, 0.15) is 63.8 Å². The first kappa shape index (κ1) is 28.1.